The summed E-state index contributed by atoms with van der Waals surface area (Å²) < 4.78 is 15.6. The highest BCUT2D eigenvalue weighted by Gasteiger charge is 2.18. The lowest BCUT2D eigenvalue weighted by Gasteiger charge is -2.10. The second-order valence-corrected chi connectivity index (χ2v) is 7.53. The van der Waals surface area contributed by atoms with Gasteiger partial charge in [0.15, 0.2) is 23.0 Å². The predicted molar refractivity (Wildman–Crippen MR) is 132 cm³/mol. The predicted octanol–water partition coefficient (Wildman–Crippen LogP) is 2.96. The Kier molecular flexibility index (Phi) is 7.29. The summed E-state index contributed by atoms with van der Waals surface area (Å²) in [7, 11) is 1.24. The van der Waals surface area contributed by atoms with Gasteiger partial charge in [0.1, 0.15) is 5.70 Å². The molecule has 1 heterocycles. The summed E-state index contributed by atoms with van der Waals surface area (Å²) in [4.78, 5) is 36.2. The Labute approximate surface area is 209 Å². The third-order valence-corrected chi connectivity index (χ3v) is 5.13. The van der Waals surface area contributed by atoms with Crippen molar-refractivity contribution >= 4 is 29.8 Å². The van der Waals surface area contributed by atoms with Gasteiger partial charge in [0, 0.05) is 17.2 Å². The molecule has 0 radical (unpaired) electrons. The van der Waals surface area contributed by atoms with E-state index in [1.54, 1.807) is 48.5 Å². The zero-order chi connectivity index (χ0) is 26.4. The number of ether oxygens (including phenoxy) is 3. The largest absolute Gasteiger partial charge is 0.504 e. The van der Waals surface area contributed by atoms with E-state index >= 15 is 0 Å². The van der Waals surface area contributed by atoms with Crippen molar-refractivity contribution in [2.45, 2.75) is 0 Å². The number of carbonyl (C=O) groups is 2. The maximum Gasteiger partial charge on any atom is 0.287 e. The van der Waals surface area contributed by atoms with Crippen LogP contribution in [0.4, 0.5) is 5.69 Å². The lowest BCUT2D eigenvalue weighted by atomic mass is 10.1. The second-order valence-electron chi connectivity index (χ2n) is 7.53. The number of phenols is 1. The van der Waals surface area contributed by atoms with Crippen molar-refractivity contribution in [1.82, 2.24) is 10.7 Å². The van der Waals surface area contributed by atoms with Gasteiger partial charge >= 0.3 is 0 Å². The maximum absolute atomic E-state index is 13.0. The number of benzene rings is 3. The SMILES string of the molecule is COc1cc([N+](=O)[O-])cc(C=NNC(=O)C(=Cc2ccc3c(c2)OCO3)NC(=O)c2ccccc2)c1O. The molecule has 0 bridgehead atoms. The Morgan fingerprint density at radius 1 is 1.11 bits per heavy atom. The molecule has 0 saturated heterocycles. The van der Waals surface area contributed by atoms with Crippen LogP contribution in [0.25, 0.3) is 6.08 Å². The van der Waals surface area contributed by atoms with E-state index in [-0.39, 0.29) is 29.5 Å². The Morgan fingerprint density at radius 3 is 2.59 bits per heavy atom. The number of carbonyl (C=O) groups excluding carboxylic acids is 2. The molecule has 1 aliphatic heterocycles. The quantitative estimate of drug-likeness (QED) is 0.183. The van der Waals surface area contributed by atoms with E-state index in [1.165, 1.54) is 13.2 Å². The number of hydrazone groups is 1. The van der Waals surface area contributed by atoms with Crippen molar-refractivity contribution in [3.8, 4) is 23.0 Å². The maximum atomic E-state index is 13.0. The summed E-state index contributed by atoms with van der Waals surface area (Å²) in [5.74, 6) is -0.841. The molecule has 3 N–H and O–H groups in total. The van der Waals surface area contributed by atoms with Gasteiger partial charge in [-0.3, -0.25) is 19.7 Å². The summed E-state index contributed by atoms with van der Waals surface area (Å²) in [6.45, 7) is 0.0740. The number of nitrogens with one attached hydrogen (secondary N) is 2. The molecule has 0 aliphatic carbocycles. The Bertz CT molecular complexity index is 1420. The number of non-ortho nitro benzene ring substituents is 1. The lowest BCUT2D eigenvalue weighted by Crippen LogP contribution is -2.32. The number of phenolic OH excluding ortho intramolecular Hbond substituents is 1. The van der Waals surface area contributed by atoms with E-state index in [4.69, 9.17) is 14.2 Å². The Hall–Kier alpha value is -5.39. The molecule has 188 valence electrons. The smallest absolute Gasteiger partial charge is 0.287 e. The molecule has 1 aliphatic rings. The highest BCUT2D eigenvalue weighted by atomic mass is 16.7. The number of hydrogen-bond donors (Lipinski definition) is 3. The van der Waals surface area contributed by atoms with E-state index in [0.717, 1.165) is 18.3 Å². The molecule has 4 rings (SSSR count). The van der Waals surface area contributed by atoms with Gasteiger partial charge in [0.25, 0.3) is 17.5 Å². The zero-order valence-corrected chi connectivity index (χ0v) is 19.3. The van der Waals surface area contributed by atoms with E-state index in [2.05, 4.69) is 15.8 Å². The van der Waals surface area contributed by atoms with Gasteiger partial charge < -0.3 is 24.6 Å². The Morgan fingerprint density at radius 2 is 1.86 bits per heavy atom. The number of nitro benzene ring substituents is 1. The molecular formula is C25H20N4O8. The second kappa shape index (κ2) is 10.9. The first-order valence-corrected chi connectivity index (χ1v) is 10.7. The minimum absolute atomic E-state index is 0.0685. The summed E-state index contributed by atoms with van der Waals surface area (Å²) in [6, 6.07) is 15.4. The zero-order valence-electron chi connectivity index (χ0n) is 19.3. The van der Waals surface area contributed by atoms with E-state index in [0.29, 0.717) is 22.6 Å². The highest BCUT2D eigenvalue weighted by Crippen LogP contribution is 2.34. The first kappa shape index (κ1) is 24.7. The van der Waals surface area contributed by atoms with Gasteiger partial charge in [0.05, 0.1) is 24.3 Å². The van der Waals surface area contributed by atoms with Crippen LogP contribution in [0.5, 0.6) is 23.0 Å². The van der Waals surface area contributed by atoms with Crippen LogP contribution < -0.4 is 25.0 Å². The van der Waals surface area contributed by atoms with Crippen LogP contribution in [-0.4, -0.2) is 42.0 Å². The molecule has 0 aromatic heterocycles. The van der Waals surface area contributed by atoms with Crippen molar-refractivity contribution in [2.24, 2.45) is 5.10 Å². The fraction of sp³-hybridized carbons (Fsp3) is 0.0800. The molecule has 0 unspecified atom stereocenters. The van der Waals surface area contributed by atoms with Gasteiger partial charge in [-0.2, -0.15) is 5.10 Å². The average Bonchev–Trinajstić information content (AvgIpc) is 3.37. The van der Waals surface area contributed by atoms with E-state index < -0.39 is 22.5 Å². The van der Waals surface area contributed by atoms with Crippen LogP contribution in [0.3, 0.4) is 0 Å². The van der Waals surface area contributed by atoms with Gasteiger partial charge in [-0.05, 0) is 35.9 Å². The van der Waals surface area contributed by atoms with Crippen molar-refractivity contribution in [1.29, 1.82) is 0 Å². The number of methoxy groups -OCH3 is 1. The van der Waals surface area contributed by atoms with Gasteiger partial charge in [-0.15, -0.1) is 0 Å². The van der Waals surface area contributed by atoms with Crippen LogP contribution in [0, 0.1) is 10.1 Å². The topological polar surface area (TPSA) is 162 Å². The molecule has 12 heteroatoms. The standard InChI is InChI=1S/C25H20N4O8/c1-35-22-12-18(29(33)34)11-17(23(22)30)13-26-28-25(32)19(27-24(31)16-5-3-2-4-6-16)9-15-7-8-20-21(10-15)37-14-36-20/h2-13,30H,14H2,1H3,(H,27,31)(H,28,32). The molecule has 0 atom stereocenters. The first-order chi connectivity index (χ1) is 17.9. The molecular weight excluding hydrogens is 484 g/mol. The molecule has 3 aromatic carbocycles. The van der Waals surface area contributed by atoms with Crippen LogP contribution in [0.2, 0.25) is 0 Å². The van der Waals surface area contributed by atoms with Gasteiger partial charge in [0.2, 0.25) is 6.79 Å². The molecule has 3 aromatic rings. The van der Waals surface area contributed by atoms with Crippen molar-refractivity contribution in [2.75, 3.05) is 13.9 Å². The van der Waals surface area contributed by atoms with Crippen LogP contribution in [0.1, 0.15) is 21.5 Å². The summed E-state index contributed by atoms with van der Waals surface area (Å²) in [5.41, 5.74) is 2.54. The summed E-state index contributed by atoms with van der Waals surface area (Å²) >= 11 is 0. The number of nitrogens with zero attached hydrogens (tertiary/aromatic N) is 2. The number of aromatic hydroxyl groups is 1. The van der Waals surface area contributed by atoms with Crippen molar-refractivity contribution in [3.63, 3.8) is 0 Å². The molecule has 0 spiro atoms. The van der Waals surface area contributed by atoms with Crippen LogP contribution >= 0.6 is 0 Å². The number of hydrogen-bond acceptors (Lipinski definition) is 9. The van der Waals surface area contributed by atoms with E-state index in [9.17, 15) is 24.8 Å². The number of amides is 2. The number of rotatable bonds is 8. The first-order valence-electron chi connectivity index (χ1n) is 10.7. The fourth-order valence-electron chi connectivity index (χ4n) is 3.31. The van der Waals surface area contributed by atoms with Crippen molar-refractivity contribution < 1.29 is 33.8 Å². The average molecular weight is 504 g/mol. The summed E-state index contributed by atoms with van der Waals surface area (Å²) in [5, 5.41) is 27.7. The van der Waals surface area contributed by atoms with Crippen LogP contribution in [-0.2, 0) is 4.79 Å². The minimum atomic E-state index is -0.796. The van der Waals surface area contributed by atoms with E-state index in [1.807, 2.05) is 0 Å². The molecule has 0 fully saturated rings. The monoisotopic (exact) mass is 504 g/mol. The Balaban J connectivity index is 1.59. The highest BCUT2D eigenvalue weighted by molar-refractivity contribution is 6.05. The minimum Gasteiger partial charge on any atom is -0.504 e. The molecule has 2 amide bonds. The third-order valence-electron chi connectivity index (χ3n) is 5.13. The molecule has 12 nitrogen and oxygen atoms in total. The molecule has 37 heavy (non-hydrogen) atoms. The van der Waals surface area contributed by atoms with Crippen molar-refractivity contribution in [3.05, 3.63) is 93.2 Å². The lowest BCUT2D eigenvalue weighted by molar-refractivity contribution is -0.385. The number of nitro groups is 1. The normalized spacial score (nSPS) is 12.3. The fourth-order valence-corrected chi connectivity index (χ4v) is 3.31. The summed E-state index contributed by atoms with van der Waals surface area (Å²) in [6.07, 6.45) is 2.43. The number of fused-ring (bicyclic) bond motifs is 1. The van der Waals surface area contributed by atoms with Crippen LogP contribution in [0.15, 0.2) is 71.5 Å². The third kappa shape index (κ3) is 5.82. The van der Waals surface area contributed by atoms with Gasteiger partial charge in [-0.25, -0.2) is 5.43 Å². The molecule has 0 saturated carbocycles. The van der Waals surface area contributed by atoms with Gasteiger partial charge in [-0.1, -0.05) is 24.3 Å².